The smallest absolute Gasteiger partial charge is 0.142 e. The molecule has 2 nitrogen and oxygen atoms in total. The minimum absolute atomic E-state index is 0.114. The standard InChI is InChI=1S/C17H24ClFN2/c18-14-8-7-13(10-15(14)19)17(11-20)21-9-3-5-12-4-1-2-6-16(12)21/h7-8,10,12,16-17H,1-6,9,11,20H2. The Morgan fingerprint density at radius 1 is 1.24 bits per heavy atom. The molecule has 1 aliphatic carbocycles. The molecule has 116 valence electrons. The molecule has 0 aromatic heterocycles. The third-order valence-corrected chi connectivity index (χ3v) is 5.54. The zero-order valence-electron chi connectivity index (χ0n) is 12.4. The van der Waals surface area contributed by atoms with E-state index in [-0.39, 0.29) is 16.9 Å². The van der Waals surface area contributed by atoms with E-state index in [1.165, 1.54) is 38.5 Å². The summed E-state index contributed by atoms with van der Waals surface area (Å²) in [5.41, 5.74) is 7.01. The summed E-state index contributed by atoms with van der Waals surface area (Å²) in [6.45, 7) is 1.61. The first kappa shape index (κ1) is 15.3. The Bertz CT molecular complexity index is 492. The number of hydrogen-bond donors (Lipinski definition) is 1. The van der Waals surface area contributed by atoms with Crippen molar-refractivity contribution in [2.45, 2.75) is 50.6 Å². The molecular formula is C17H24ClFN2. The number of fused-ring (bicyclic) bond motifs is 1. The van der Waals surface area contributed by atoms with Crippen molar-refractivity contribution in [3.05, 3.63) is 34.6 Å². The Kier molecular flexibility index (Phi) is 4.82. The highest BCUT2D eigenvalue weighted by molar-refractivity contribution is 6.30. The monoisotopic (exact) mass is 310 g/mol. The maximum atomic E-state index is 13.8. The fourth-order valence-corrected chi connectivity index (χ4v) is 4.35. The number of halogens is 2. The summed E-state index contributed by atoms with van der Waals surface area (Å²) in [4.78, 5) is 2.54. The van der Waals surface area contributed by atoms with Crippen molar-refractivity contribution < 1.29 is 4.39 Å². The number of piperidine rings is 1. The van der Waals surface area contributed by atoms with Crippen LogP contribution in [0.25, 0.3) is 0 Å². The van der Waals surface area contributed by atoms with Gasteiger partial charge in [-0.1, -0.05) is 30.5 Å². The highest BCUT2D eigenvalue weighted by Crippen LogP contribution is 2.39. The van der Waals surface area contributed by atoms with Crippen molar-refractivity contribution in [1.29, 1.82) is 0 Å². The molecule has 21 heavy (non-hydrogen) atoms. The van der Waals surface area contributed by atoms with Gasteiger partial charge < -0.3 is 5.73 Å². The van der Waals surface area contributed by atoms with Gasteiger partial charge in [0.1, 0.15) is 5.82 Å². The van der Waals surface area contributed by atoms with Crippen molar-refractivity contribution in [3.8, 4) is 0 Å². The molecule has 3 unspecified atom stereocenters. The van der Waals surface area contributed by atoms with Crippen LogP contribution in [0.5, 0.6) is 0 Å². The summed E-state index contributed by atoms with van der Waals surface area (Å²) in [6.07, 6.45) is 7.84. The third kappa shape index (κ3) is 3.10. The van der Waals surface area contributed by atoms with Crippen LogP contribution in [0, 0.1) is 11.7 Å². The molecule has 1 saturated heterocycles. The summed E-state index contributed by atoms with van der Waals surface area (Å²) >= 11 is 5.81. The van der Waals surface area contributed by atoms with Gasteiger partial charge in [-0.25, -0.2) is 4.39 Å². The Morgan fingerprint density at radius 2 is 2.00 bits per heavy atom. The van der Waals surface area contributed by atoms with Gasteiger partial charge in [0.25, 0.3) is 0 Å². The number of rotatable bonds is 3. The molecule has 2 N–H and O–H groups in total. The van der Waals surface area contributed by atoms with Crippen LogP contribution in [0.2, 0.25) is 5.02 Å². The summed E-state index contributed by atoms with van der Waals surface area (Å²) in [5.74, 6) is 0.462. The van der Waals surface area contributed by atoms with Crippen LogP contribution in [0.15, 0.2) is 18.2 Å². The van der Waals surface area contributed by atoms with Gasteiger partial charge in [-0.15, -0.1) is 0 Å². The molecule has 0 radical (unpaired) electrons. The van der Waals surface area contributed by atoms with Crippen LogP contribution in [-0.4, -0.2) is 24.0 Å². The van der Waals surface area contributed by atoms with Crippen LogP contribution >= 0.6 is 11.6 Å². The lowest BCUT2D eigenvalue weighted by Crippen LogP contribution is -2.50. The van der Waals surface area contributed by atoms with E-state index in [0.717, 1.165) is 18.0 Å². The average molecular weight is 311 g/mol. The second-order valence-corrected chi connectivity index (χ2v) is 6.82. The maximum absolute atomic E-state index is 13.8. The predicted octanol–water partition coefficient (Wildman–Crippen LogP) is 4.13. The third-order valence-electron chi connectivity index (χ3n) is 5.24. The van der Waals surface area contributed by atoms with E-state index in [2.05, 4.69) is 4.90 Å². The molecule has 4 heteroatoms. The lowest BCUT2D eigenvalue weighted by molar-refractivity contribution is 0.0275. The van der Waals surface area contributed by atoms with Crippen LogP contribution in [-0.2, 0) is 0 Å². The van der Waals surface area contributed by atoms with Crippen molar-refractivity contribution in [3.63, 3.8) is 0 Å². The van der Waals surface area contributed by atoms with Gasteiger partial charge in [0.15, 0.2) is 0 Å². The number of nitrogens with zero attached hydrogens (tertiary/aromatic N) is 1. The Morgan fingerprint density at radius 3 is 2.76 bits per heavy atom. The van der Waals surface area contributed by atoms with E-state index in [1.54, 1.807) is 12.1 Å². The first-order valence-corrected chi connectivity index (χ1v) is 8.49. The van der Waals surface area contributed by atoms with Gasteiger partial charge in [0, 0.05) is 18.6 Å². The lowest BCUT2D eigenvalue weighted by Gasteiger charge is -2.47. The molecule has 3 atom stereocenters. The fraction of sp³-hybridized carbons (Fsp3) is 0.647. The highest BCUT2D eigenvalue weighted by Gasteiger charge is 2.36. The van der Waals surface area contributed by atoms with E-state index >= 15 is 0 Å². The average Bonchev–Trinajstić information content (AvgIpc) is 2.52. The molecule has 0 bridgehead atoms. The SMILES string of the molecule is NCC(c1ccc(Cl)c(F)c1)N1CCCC2CCCCC21. The molecule has 1 heterocycles. The first-order valence-electron chi connectivity index (χ1n) is 8.11. The predicted molar refractivity (Wildman–Crippen MR) is 84.9 cm³/mol. The molecule has 3 rings (SSSR count). The van der Waals surface area contributed by atoms with Gasteiger partial charge in [-0.2, -0.15) is 0 Å². The van der Waals surface area contributed by atoms with Crippen LogP contribution < -0.4 is 5.73 Å². The van der Waals surface area contributed by atoms with Gasteiger partial charge in [-0.3, -0.25) is 4.90 Å². The number of nitrogens with two attached hydrogens (primary N) is 1. The number of benzene rings is 1. The molecule has 2 aliphatic rings. The van der Waals surface area contributed by atoms with Crippen molar-refractivity contribution in [2.75, 3.05) is 13.1 Å². The normalized spacial score (nSPS) is 28.1. The second kappa shape index (κ2) is 6.64. The zero-order chi connectivity index (χ0) is 14.8. The van der Waals surface area contributed by atoms with E-state index in [1.807, 2.05) is 6.07 Å². The minimum Gasteiger partial charge on any atom is -0.329 e. The molecule has 2 fully saturated rings. The minimum atomic E-state index is -0.343. The molecule has 0 spiro atoms. The van der Waals surface area contributed by atoms with Gasteiger partial charge >= 0.3 is 0 Å². The maximum Gasteiger partial charge on any atom is 0.142 e. The molecule has 0 amide bonds. The fourth-order valence-electron chi connectivity index (χ4n) is 4.23. The molecule has 1 aromatic rings. The van der Waals surface area contributed by atoms with Crippen LogP contribution in [0.4, 0.5) is 4.39 Å². The van der Waals surface area contributed by atoms with Gasteiger partial charge in [-0.05, 0) is 55.8 Å². The topological polar surface area (TPSA) is 29.3 Å². The summed E-state index contributed by atoms with van der Waals surface area (Å²) < 4.78 is 13.8. The Labute approximate surface area is 131 Å². The van der Waals surface area contributed by atoms with E-state index in [9.17, 15) is 4.39 Å². The van der Waals surface area contributed by atoms with Crippen molar-refractivity contribution >= 4 is 11.6 Å². The second-order valence-electron chi connectivity index (χ2n) is 6.42. The zero-order valence-corrected chi connectivity index (χ0v) is 13.2. The summed E-state index contributed by atoms with van der Waals surface area (Å²) in [5, 5.41) is 0.184. The van der Waals surface area contributed by atoms with Crippen molar-refractivity contribution in [2.24, 2.45) is 11.7 Å². The number of hydrogen-bond acceptors (Lipinski definition) is 2. The Hall–Kier alpha value is -0.640. The van der Waals surface area contributed by atoms with E-state index in [0.29, 0.717) is 12.6 Å². The van der Waals surface area contributed by atoms with E-state index in [4.69, 9.17) is 17.3 Å². The number of likely N-dealkylation sites (tertiary alicyclic amines) is 1. The quantitative estimate of drug-likeness (QED) is 0.909. The molecule has 1 aliphatic heterocycles. The Balaban J connectivity index is 1.85. The lowest BCUT2D eigenvalue weighted by atomic mass is 9.77. The molecule has 1 aromatic carbocycles. The van der Waals surface area contributed by atoms with Gasteiger partial charge in [0.05, 0.1) is 5.02 Å². The van der Waals surface area contributed by atoms with Crippen LogP contribution in [0.1, 0.15) is 50.1 Å². The van der Waals surface area contributed by atoms with Crippen LogP contribution in [0.3, 0.4) is 0 Å². The summed E-state index contributed by atoms with van der Waals surface area (Å²) in [6, 6.07) is 5.88. The molecule has 1 saturated carbocycles. The van der Waals surface area contributed by atoms with Crippen molar-refractivity contribution in [1.82, 2.24) is 4.90 Å². The summed E-state index contributed by atoms with van der Waals surface area (Å²) in [7, 11) is 0. The highest BCUT2D eigenvalue weighted by atomic mass is 35.5. The van der Waals surface area contributed by atoms with Gasteiger partial charge in [0.2, 0.25) is 0 Å². The molecular weight excluding hydrogens is 287 g/mol. The van der Waals surface area contributed by atoms with E-state index < -0.39 is 0 Å². The first-order chi connectivity index (χ1) is 10.2. The largest absolute Gasteiger partial charge is 0.329 e.